The lowest BCUT2D eigenvalue weighted by atomic mass is 10.1. The molecule has 8 nitrogen and oxygen atoms in total. The molecule has 170 valence electrons. The lowest BCUT2D eigenvalue weighted by Gasteiger charge is -2.34. The summed E-state index contributed by atoms with van der Waals surface area (Å²) in [7, 11) is 0. The maximum Gasteiger partial charge on any atom is 0.276 e. The molecule has 0 unspecified atom stereocenters. The molecule has 0 saturated carbocycles. The van der Waals surface area contributed by atoms with Gasteiger partial charge in [0.25, 0.3) is 11.8 Å². The van der Waals surface area contributed by atoms with Crippen LogP contribution in [0.3, 0.4) is 0 Å². The van der Waals surface area contributed by atoms with E-state index < -0.39 is 17.5 Å². The summed E-state index contributed by atoms with van der Waals surface area (Å²) in [6.07, 6.45) is -0.158. The minimum atomic E-state index is -1.07. The summed E-state index contributed by atoms with van der Waals surface area (Å²) in [5, 5.41) is 8.26. The van der Waals surface area contributed by atoms with Crippen molar-refractivity contribution in [3.8, 4) is 0 Å². The first-order valence-electron chi connectivity index (χ1n) is 10.6. The molecule has 0 aliphatic carbocycles. The molecule has 2 aromatic carbocycles. The van der Waals surface area contributed by atoms with Gasteiger partial charge in [0.05, 0.1) is 18.8 Å². The zero-order valence-corrected chi connectivity index (χ0v) is 17.7. The smallest absolute Gasteiger partial charge is 0.276 e. The molecule has 1 saturated heterocycles. The van der Waals surface area contributed by atoms with E-state index in [1.165, 1.54) is 11.0 Å². The average molecular weight is 453 g/mol. The van der Waals surface area contributed by atoms with Crippen LogP contribution < -0.4 is 0 Å². The second kappa shape index (κ2) is 8.70. The minimum Gasteiger partial charge on any atom is -0.365 e. The summed E-state index contributed by atoms with van der Waals surface area (Å²) >= 11 is 0. The van der Waals surface area contributed by atoms with Crippen LogP contribution in [-0.2, 0) is 17.9 Å². The van der Waals surface area contributed by atoms with Crippen molar-refractivity contribution < 1.29 is 23.1 Å². The molecule has 0 bridgehead atoms. The van der Waals surface area contributed by atoms with Crippen molar-refractivity contribution in [3.05, 3.63) is 82.7 Å². The number of hydrogen-bond acceptors (Lipinski definition) is 5. The monoisotopic (exact) mass is 453 g/mol. The van der Waals surface area contributed by atoms with Gasteiger partial charge in [-0.1, -0.05) is 35.5 Å². The van der Waals surface area contributed by atoms with E-state index in [1.807, 2.05) is 30.3 Å². The molecule has 1 atom stereocenters. The number of aromatic nitrogens is 3. The second-order valence-corrected chi connectivity index (χ2v) is 7.99. The number of carbonyl (C=O) groups excluding carboxylic acids is 2. The van der Waals surface area contributed by atoms with Gasteiger partial charge in [0, 0.05) is 31.7 Å². The van der Waals surface area contributed by atoms with Crippen LogP contribution in [0.4, 0.5) is 8.78 Å². The first-order valence-corrected chi connectivity index (χ1v) is 10.6. The van der Waals surface area contributed by atoms with Crippen molar-refractivity contribution in [1.82, 2.24) is 24.8 Å². The van der Waals surface area contributed by atoms with Crippen LogP contribution in [0.2, 0.25) is 0 Å². The topological polar surface area (TPSA) is 80.6 Å². The predicted octanol–water partition coefficient (Wildman–Crippen LogP) is 2.43. The standard InChI is InChI=1S/C23H21F2N5O3/c24-17-7-6-16(12-18(17)25)22(31)28-8-10-29(11-9-28)23(32)21-19-14-33-20(13-30(19)27-26-21)15-4-2-1-3-5-15/h1-7,12,20H,8-11,13-14H2/t20-/m0/s1. The summed E-state index contributed by atoms with van der Waals surface area (Å²) in [4.78, 5) is 28.8. The highest BCUT2D eigenvalue weighted by atomic mass is 19.2. The van der Waals surface area contributed by atoms with E-state index in [4.69, 9.17) is 4.74 Å². The zero-order valence-electron chi connectivity index (χ0n) is 17.7. The number of nitrogens with zero attached hydrogens (tertiary/aromatic N) is 5. The van der Waals surface area contributed by atoms with E-state index in [-0.39, 0.29) is 43.0 Å². The van der Waals surface area contributed by atoms with E-state index in [0.717, 1.165) is 17.7 Å². The molecule has 2 aliphatic heterocycles. The summed E-state index contributed by atoms with van der Waals surface area (Å²) in [6, 6.07) is 12.9. The second-order valence-electron chi connectivity index (χ2n) is 7.99. The third-order valence-electron chi connectivity index (χ3n) is 5.99. The van der Waals surface area contributed by atoms with Crippen molar-refractivity contribution in [2.45, 2.75) is 19.3 Å². The van der Waals surface area contributed by atoms with Gasteiger partial charge < -0.3 is 14.5 Å². The van der Waals surface area contributed by atoms with Crippen LogP contribution in [0.25, 0.3) is 0 Å². The highest BCUT2D eigenvalue weighted by Crippen LogP contribution is 2.27. The Kier molecular flexibility index (Phi) is 5.59. The molecule has 2 amide bonds. The first-order chi connectivity index (χ1) is 16.0. The molecule has 2 aliphatic rings. The molecule has 1 aromatic heterocycles. The van der Waals surface area contributed by atoms with Gasteiger partial charge in [0.2, 0.25) is 0 Å². The molecule has 1 fully saturated rings. The van der Waals surface area contributed by atoms with Gasteiger partial charge in [-0.15, -0.1) is 5.10 Å². The number of hydrogen-bond donors (Lipinski definition) is 0. The Balaban J connectivity index is 1.23. The molecule has 3 heterocycles. The SMILES string of the molecule is O=C(c1ccc(F)c(F)c1)N1CCN(C(=O)c2nnn3c2CO[C@H](c2ccccc2)C3)CC1. The van der Waals surface area contributed by atoms with Crippen molar-refractivity contribution in [2.75, 3.05) is 26.2 Å². The van der Waals surface area contributed by atoms with Gasteiger partial charge in [-0.3, -0.25) is 9.59 Å². The summed E-state index contributed by atoms with van der Waals surface area (Å²) in [5.74, 6) is -2.73. The van der Waals surface area contributed by atoms with Crippen LogP contribution in [-0.4, -0.2) is 62.8 Å². The van der Waals surface area contributed by atoms with Crippen LogP contribution >= 0.6 is 0 Å². The molecule has 33 heavy (non-hydrogen) atoms. The lowest BCUT2D eigenvalue weighted by Crippen LogP contribution is -2.50. The number of rotatable bonds is 3. The Hall–Kier alpha value is -3.66. The molecule has 0 N–H and O–H groups in total. The van der Waals surface area contributed by atoms with Gasteiger partial charge in [0.15, 0.2) is 17.3 Å². The van der Waals surface area contributed by atoms with Gasteiger partial charge in [0.1, 0.15) is 6.10 Å². The molecular weight excluding hydrogens is 432 g/mol. The third-order valence-corrected chi connectivity index (χ3v) is 5.99. The number of piperazine rings is 1. The molecule has 10 heteroatoms. The average Bonchev–Trinajstić information content (AvgIpc) is 3.29. The number of halogens is 2. The predicted molar refractivity (Wildman–Crippen MR) is 112 cm³/mol. The maximum atomic E-state index is 13.5. The van der Waals surface area contributed by atoms with Gasteiger partial charge in [-0.25, -0.2) is 13.5 Å². The van der Waals surface area contributed by atoms with Crippen LogP contribution in [0, 0.1) is 11.6 Å². The largest absolute Gasteiger partial charge is 0.365 e. The Morgan fingerprint density at radius 1 is 0.909 bits per heavy atom. The van der Waals surface area contributed by atoms with E-state index in [0.29, 0.717) is 25.3 Å². The quantitative estimate of drug-likeness (QED) is 0.609. The molecular formula is C23H21F2N5O3. The number of carbonyl (C=O) groups is 2. The Bertz CT molecular complexity index is 1190. The summed E-state index contributed by atoms with van der Waals surface area (Å²) in [6.45, 7) is 1.85. The first kappa shape index (κ1) is 21.2. The van der Waals surface area contributed by atoms with Crippen molar-refractivity contribution in [2.24, 2.45) is 0 Å². The fourth-order valence-corrected chi connectivity index (χ4v) is 4.12. The normalized spacial score (nSPS) is 18.2. The fraction of sp³-hybridized carbons (Fsp3) is 0.304. The Labute approximate surface area is 188 Å². The van der Waals surface area contributed by atoms with E-state index >= 15 is 0 Å². The number of benzene rings is 2. The van der Waals surface area contributed by atoms with E-state index in [1.54, 1.807) is 9.58 Å². The van der Waals surface area contributed by atoms with Gasteiger partial charge >= 0.3 is 0 Å². The minimum absolute atomic E-state index is 0.0752. The van der Waals surface area contributed by atoms with Gasteiger partial charge in [-0.05, 0) is 23.8 Å². The number of amides is 2. The fourth-order valence-electron chi connectivity index (χ4n) is 4.12. The Morgan fingerprint density at radius 2 is 1.61 bits per heavy atom. The molecule has 0 radical (unpaired) electrons. The van der Waals surface area contributed by atoms with Crippen LogP contribution in [0.5, 0.6) is 0 Å². The van der Waals surface area contributed by atoms with Crippen molar-refractivity contribution in [1.29, 1.82) is 0 Å². The van der Waals surface area contributed by atoms with Crippen molar-refractivity contribution in [3.63, 3.8) is 0 Å². The van der Waals surface area contributed by atoms with Crippen LogP contribution in [0.15, 0.2) is 48.5 Å². The van der Waals surface area contributed by atoms with Crippen molar-refractivity contribution >= 4 is 11.8 Å². The lowest BCUT2D eigenvalue weighted by molar-refractivity contribution is -0.00202. The zero-order chi connectivity index (χ0) is 22.9. The molecule has 5 rings (SSSR count). The van der Waals surface area contributed by atoms with Crippen LogP contribution in [0.1, 0.15) is 38.2 Å². The molecule has 0 spiro atoms. The van der Waals surface area contributed by atoms with Gasteiger partial charge in [-0.2, -0.15) is 0 Å². The maximum absolute atomic E-state index is 13.5. The van der Waals surface area contributed by atoms with E-state index in [2.05, 4.69) is 10.3 Å². The summed E-state index contributed by atoms with van der Waals surface area (Å²) in [5.41, 5.74) is 1.99. The third kappa shape index (κ3) is 4.09. The molecule has 3 aromatic rings. The van der Waals surface area contributed by atoms with E-state index in [9.17, 15) is 18.4 Å². The highest BCUT2D eigenvalue weighted by molar-refractivity contribution is 5.95. The Morgan fingerprint density at radius 3 is 2.30 bits per heavy atom. The number of ether oxygens (including phenoxy) is 1. The summed E-state index contributed by atoms with van der Waals surface area (Å²) < 4.78 is 34.3. The number of fused-ring (bicyclic) bond motifs is 1. The highest BCUT2D eigenvalue weighted by Gasteiger charge is 2.32.